The highest BCUT2D eigenvalue weighted by Gasteiger charge is 2.30. The lowest BCUT2D eigenvalue weighted by Gasteiger charge is -2.16. The number of carboxylic acids is 1. The summed E-state index contributed by atoms with van der Waals surface area (Å²) >= 11 is 3.10. The monoisotopic (exact) mass is 1600 g/mol. The van der Waals surface area contributed by atoms with Crippen LogP contribution in [0.4, 0.5) is 11.4 Å². The number of nitrogens with two attached hydrogens (primary N) is 1. The van der Waals surface area contributed by atoms with Gasteiger partial charge in [-0.25, -0.2) is 4.79 Å². The summed E-state index contributed by atoms with van der Waals surface area (Å²) in [7, 11) is 3.18. The zero-order valence-corrected chi connectivity index (χ0v) is 63.8. The van der Waals surface area contributed by atoms with Crippen molar-refractivity contribution < 1.29 is 66.4 Å². The minimum atomic E-state index is -1.08. The first-order chi connectivity index (χ1) is 55.5. The number of benzene rings is 12. The zero-order chi connectivity index (χ0) is 80.5. The lowest BCUT2D eigenvalue weighted by molar-refractivity contribution is -0.138. The normalized spacial score (nSPS) is 10.4. The number of hydrogen-bond donors (Lipinski definition) is 4. The molecule has 16 aromatic rings. The minimum absolute atomic E-state index is 0. The Kier molecular flexibility index (Phi) is 30.2. The highest BCUT2D eigenvalue weighted by molar-refractivity contribution is 9.09. The molecule has 5 N–H and O–H groups in total. The van der Waals surface area contributed by atoms with Crippen molar-refractivity contribution in [1.29, 1.82) is 10.5 Å². The first-order valence-electron chi connectivity index (χ1n) is 35.4. The molecule has 0 aliphatic rings. The van der Waals surface area contributed by atoms with Crippen LogP contribution in [0.5, 0.6) is 23.0 Å². The van der Waals surface area contributed by atoms with Crippen LogP contribution >= 0.6 is 15.9 Å². The summed E-state index contributed by atoms with van der Waals surface area (Å²) in [6.45, 7) is 1.52. The number of rotatable bonds is 18. The van der Waals surface area contributed by atoms with Crippen LogP contribution in [0.25, 0.3) is 66.4 Å². The Bertz CT molecular complexity index is 6120. The van der Waals surface area contributed by atoms with Crippen molar-refractivity contribution in [3.8, 4) is 57.5 Å². The Balaban J connectivity index is 0.000000166. The fourth-order valence-corrected chi connectivity index (χ4v) is 12.3. The maximum atomic E-state index is 13.1. The number of furan rings is 3. The molecule has 0 saturated carbocycles. The molecule has 12 aromatic carbocycles. The SMILES string of the molecule is C.COc1ccc(-c2c(-c3ccccc3)c3oc4ccccc4c3n2C(C)=O)cc1.COc1ccc(C(Nc2c(C(=O)c3ccccc3)oc3ccccc23)C(=O)O)cc1.N#Cc1ccccc1O.N#Cc1ccccc1OCC(=O)c1ccccc1.Nc1c(C(=O)c2ccccc2)oc2ccccc12.O=C(CBr)c1ccccc1.[B]. The van der Waals surface area contributed by atoms with Gasteiger partial charge in [-0.1, -0.05) is 248 Å². The number of para-hydroxylation sites is 5. The zero-order valence-electron chi connectivity index (χ0n) is 62.3. The molecule has 0 bridgehead atoms. The molecule has 4 heterocycles. The van der Waals surface area contributed by atoms with Crippen LogP contribution < -0.4 is 25.3 Å². The number of phenols is 1. The molecule has 0 aliphatic heterocycles. The number of nitrogens with one attached hydrogen (secondary N) is 1. The summed E-state index contributed by atoms with van der Waals surface area (Å²) in [5.41, 5.74) is 17.5. The van der Waals surface area contributed by atoms with Gasteiger partial charge in [0.05, 0.1) is 53.3 Å². The number of carbonyl (C=O) groups excluding carboxylic acids is 5. The molecule has 575 valence electrons. The van der Waals surface area contributed by atoms with Gasteiger partial charge in [-0.05, 0) is 114 Å². The third kappa shape index (κ3) is 20.5. The number of hydrogen-bond acceptors (Lipinski definition) is 17. The highest BCUT2D eigenvalue weighted by atomic mass is 79.9. The van der Waals surface area contributed by atoms with E-state index in [2.05, 4.69) is 21.2 Å². The number of carboxylic acid groups (broad SMARTS) is 1. The largest absolute Gasteiger partial charge is 0.507 e. The number of carbonyl (C=O) groups is 6. The van der Waals surface area contributed by atoms with Crippen LogP contribution in [0.1, 0.15) is 94.8 Å². The molecule has 4 aromatic heterocycles. The van der Waals surface area contributed by atoms with Crippen LogP contribution in [0.3, 0.4) is 0 Å². The molecule has 0 amide bonds. The maximum absolute atomic E-state index is 13.1. The van der Waals surface area contributed by atoms with Crippen LogP contribution in [-0.2, 0) is 4.79 Å². The van der Waals surface area contributed by atoms with Crippen LogP contribution in [0.15, 0.2) is 335 Å². The van der Waals surface area contributed by atoms with Gasteiger partial charge < -0.3 is 48.7 Å². The smallest absolute Gasteiger partial charge is 0.330 e. The van der Waals surface area contributed by atoms with Gasteiger partial charge in [-0.3, -0.25) is 28.5 Å². The minimum Gasteiger partial charge on any atom is -0.507 e. The summed E-state index contributed by atoms with van der Waals surface area (Å²) < 4.78 is 35.3. The van der Waals surface area contributed by atoms with E-state index >= 15 is 0 Å². The van der Waals surface area contributed by atoms with Crippen molar-refractivity contribution in [3.05, 3.63) is 372 Å². The number of methoxy groups -OCH3 is 2. The number of aromatic nitrogens is 1. The molecule has 0 fully saturated rings. The van der Waals surface area contributed by atoms with Crippen molar-refractivity contribution in [2.45, 2.75) is 20.4 Å². The topological polar surface area (TPSA) is 301 Å². The van der Waals surface area contributed by atoms with Gasteiger partial charge in [0, 0.05) is 53.7 Å². The van der Waals surface area contributed by atoms with E-state index in [0.29, 0.717) is 78.1 Å². The number of fused-ring (bicyclic) bond motifs is 5. The molecular weight excluding hydrogens is 1530 g/mol. The molecule has 0 aliphatic carbocycles. The van der Waals surface area contributed by atoms with Crippen LogP contribution in [0, 0.1) is 22.7 Å². The van der Waals surface area contributed by atoms with Crippen LogP contribution in [-0.4, -0.2) is 84.4 Å². The number of phenolic OH excluding ortho intramolecular Hbond substituents is 1. The van der Waals surface area contributed by atoms with Gasteiger partial charge in [0.1, 0.15) is 57.4 Å². The molecule has 19 nitrogen and oxygen atoms in total. The molecule has 16 rings (SSSR count). The number of alkyl halides is 1. The Morgan fingerprint density at radius 3 is 1.41 bits per heavy atom. The number of nitrogens with zero attached hydrogens (tertiary/aromatic N) is 3. The third-order valence-corrected chi connectivity index (χ3v) is 18.1. The molecule has 1 unspecified atom stereocenters. The van der Waals surface area contributed by atoms with E-state index in [9.17, 15) is 33.9 Å². The van der Waals surface area contributed by atoms with Gasteiger partial charge in [-0.15, -0.1) is 0 Å². The van der Waals surface area contributed by atoms with E-state index in [4.69, 9.17) is 48.8 Å². The first-order valence-corrected chi connectivity index (χ1v) is 36.6. The second-order valence-electron chi connectivity index (χ2n) is 24.9. The lowest BCUT2D eigenvalue weighted by Crippen LogP contribution is -2.21. The third-order valence-electron chi connectivity index (χ3n) is 17.6. The van der Waals surface area contributed by atoms with Gasteiger partial charge >= 0.3 is 5.97 Å². The van der Waals surface area contributed by atoms with E-state index in [1.807, 2.05) is 176 Å². The number of nitriles is 2. The number of ketones is 4. The molecule has 0 spiro atoms. The fraction of sp³-hybridized carbons (Fsp3) is 0.0737. The molecular formula is C95H76BBrN5O14. The Morgan fingerprint density at radius 1 is 0.491 bits per heavy atom. The second-order valence-corrected chi connectivity index (χ2v) is 25.5. The summed E-state index contributed by atoms with van der Waals surface area (Å²) in [5, 5.41) is 41.7. The number of Topliss-reactive ketones (excluding diaryl/α,β-unsaturated/α-hetero) is 2. The van der Waals surface area contributed by atoms with E-state index in [0.717, 1.165) is 61.2 Å². The van der Waals surface area contributed by atoms with Gasteiger partial charge in [-0.2, -0.15) is 10.5 Å². The summed E-state index contributed by atoms with van der Waals surface area (Å²) in [6, 6.07) is 98.8. The van der Waals surface area contributed by atoms with Crippen molar-refractivity contribution in [2.75, 3.05) is 37.2 Å². The molecule has 3 radical (unpaired) electrons. The molecule has 116 heavy (non-hydrogen) atoms. The first kappa shape index (κ1) is 85.0. The molecule has 0 saturated heterocycles. The number of aliphatic carboxylic acids is 1. The maximum Gasteiger partial charge on any atom is 0.330 e. The van der Waals surface area contributed by atoms with Gasteiger partial charge in [0.15, 0.2) is 41.3 Å². The Morgan fingerprint density at radius 2 is 0.914 bits per heavy atom. The number of ether oxygens (including phenoxy) is 3. The predicted molar refractivity (Wildman–Crippen MR) is 456 cm³/mol. The lowest BCUT2D eigenvalue weighted by atomic mass is 10.0. The summed E-state index contributed by atoms with van der Waals surface area (Å²) in [6.07, 6.45) is 0. The quantitative estimate of drug-likeness (QED) is 0.0352. The number of aromatic hydroxyl groups is 1. The van der Waals surface area contributed by atoms with E-state index in [1.165, 1.54) is 6.07 Å². The average molecular weight is 1600 g/mol. The highest BCUT2D eigenvalue weighted by Crippen LogP contribution is 2.45. The van der Waals surface area contributed by atoms with Crippen molar-refractivity contribution in [2.24, 2.45) is 0 Å². The van der Waals surface area contributed by atoms with E-state index in [-0.39, 0.29) is 68.8 Å². The Hall–Kier alpha value is -15.1. The number of halogens is 1. The fourth-order valence-electron chi connectivity index (χ4n) is 12.0. The average Bonchev–Trinajstić information content (AvgIpc) is 1.56. The number of nitrogen functional groups attached to an aromatic ring is 1. The summed E-state index contributed by atoms with van der Waals surface area (Å²) in [5.74, 6) is 0.509. The summed E-state index contributed by atoms with van der Waals surface area (Å²) in [4.78, 5) is 73.1. The van der Waals surface area contributed by atoms with Crippen molar-refractivity contribution in [3.63, 3.8) is 0 Å². The van der Waals surface area contributed by atoms with Gasteiger partial charge in [0.2, 0.25) is 17.5 Å². The Labute approximate surface area is 679 Å². The van der Waals surface area contributed by atoms with Crippen LogP contribution in [0.2, 0.25) is 0 Å². The second kappa shape index (κ2) is 41.3. The van der Waals surface area contributed by atoms with E-state index < -0.39 is 12.0 Å². The van der Waals surface area contributed by atoms with Gasteiger partial charge in [0.25, 0.3) is 0 Å². The molecule has 1 atom stereocenters. The standard InChI is InChI=1S/C25H19NO3.C24H19NO5.2C15H11NO2.C8H7BrO.C7H5NO.CH4.B/c1-16(27)26-23(18-12-14-19(28-2)15-13-18)22(17-8-4-3-5-9-17)25-24(26)20-10-6-7-11-21(20)29-25;1-29-17-13-11-15(12-14-17)20(24(27)28)25-21-18-9-5-6-10-19(18)30-23(21)22(26)16-7-3-2-4-8-16;16-13-11-8-4-5-9-12(11)18-15(13)14(17)10-6-2-1-3-7-10;16-10-13-8-4-5-9-15(13)18-11-14(17)12-6-2-1-3-7-12;9-6-8(10)7-4-2-1-3-5-7;8-5-6-3-1-2-4-7(6)9;;/h3-15H,1-2H3;2-14,20,25H,1H3,(H,27,28);1-9H,16H2;1-9H,11H2;1-5H,6H2;1-4,9H;1H4;. The number of anilines is 2. The van der Waals surface area contributed by atoms with E-state index in [1.54, 1.807) is 177 Å². The molecule has 21 heteroatoms. The predicted octanol–water partition coefficient (Wildman–Crippen LogP) is 21.1. The van der Waals surface area contributed by atoms with Crippen molar-refractivity contribution in [1.82, 2.24) is 4.57 Å². The van der Waals surface area contributed by atoms with Crippen molar-refractivity contribution >= 4 is 115 Å².